The van der Waals surface area contributed by atoms with Crippen LogP contribution in [0, 0.1) is 0 Å². The fourth-order valence-electron chi connectivity index (χ4n) is 8.14. The van der Waals surface area contributed by atoms with Gasteiger partial charge in [-0.25, -0.2) is 4.98 Å². The third-order valence-electron chi connectivity index (χ3n) is 11.1. The SMILES string of the molecule is c1ccc(-c2nc(-c3ccc(N(c4ccc(-c5ccc6ccccc6c5)cc4)c4ccc(-c5ccc6c(c5)oc5ccccc56)cc4)cc3)cc3cccnc23)cc1. The number of pyridine rings is 2. The van der Waals surface area contributed by atoms with E-state index in [1.807, 2.05) is 42.6 Å². The molecule has 0 aliphatic heterocycles. The molecule has 0 aliphatic rings. The minimum Gasteiger partial charge on any atom is -0.456 e. The molecule has 0 atom stereocenters. The van der Waals surface area contributed by atoms with Gasteiger partial charge in [-0.3, -0.25) is 4.98 Å². The van der Waals surface area contributed by atoms with Gasteiger partial charge in [-0.1, -0.05) is 133 Å². The van der Waals surface area contributed by atoms with E-state index in [0.717, 1.165) is 83.5 Å². The van der Waals surface area contributed by atoms with Crippen molar-refractivity contribution in [3.63, 3.8) is 0 Å². The Kier molecular flexibility index (Phi) is 8.11. The Morgan fingerprint density at radius 3 is 1.67 bits per heavy atom. The quantitative estimate of drug-likeness (QED) is 0.163. The largest absolute Gasteiger partial charge is 0.456 e. The highest BCUT2D eigenvalue weighted by Gasteiger charge is 2.16. The zero-order valence-corrected chi connectivity index (χ0v) is 31.5. The van der Waals surface area contributed by atoms with Crippen LogP contribution in [0.25, 0.3) is 88.4 Å². The lowest BCUT2D eigenvalue weighted by atomic mass is 10.0. The molecule has 4 heteroatoms. The Bertz CT molecular complexity index is 3260. The number of hydrogen-bond acceptors (Lipinski definition) is 4. The first kappa shape index (κ1) is 33.5. The van der Waals surface area contributed by atoms with E-state index in [9.17, 15) is 0 Å². The fourth-order valence-corrected chi connectivity index (χ4v) is 8.14. The highest BCUT2D eigenvalue weighted by molar-refractivity contribution is 6.06. The Labute approximate surface area is 335 Å². The lowest BCUT2D eigenvalue weighted by Crippen LogP contribution is -2.09. The van der Waals surface area contributed by atoms with E-state index in [-0.39, 0.29) is 0 Å². The summed E-state index contributed by atoms with van der Waals surface area (Å²) in [7, 11) is 0. The minimum atomic E-state index is 0.880. The summed E-state index contributed by atoms with van der Waals surface area (Å²) in [6.07, 6.45) is 1.83. The summed E-state index contributed by atoms with van der Waals surface area (Å²) in [6, 6.07) is 72.8. The molecule has 3 heterocycles. The molecule has 0 bridgehead atoms. The van der Waals surface area contributed by atoms with Crippen molar-refractivity contribution in [2.45, 2.75) is 0 Å². The summed E-state index contributed by atoms with van der Waals surface area (Å²) in [5.41, 5.74) is 14.3. The van der Waals surface area contributed by atoms with Crippen LogP contribution < -0.4 is 4.90 Å². The maximum atomic E-state index is 6.23. The normalized spacial score (nSPS) is 11.4. The second-order valence-corrected chi connectivity index (χ2v) is 14.6. The number of aromatic nitrogens is 2. The molecule has 11 rings (SSSR count). The monoisotopic (exact) mass is 741 g/mol. The van der Waals surface area contributed by atoms with E-state index in [0.29, 0.717) is 0 Å². The molecule has 0 radical (unpaired) electrons. The third kappa shape index (κ3) is 6.05. The number of furan rings is 1. The molecule has 11 aromatic rings. The lowest BCUT2D eigenvalue weighted by Gasteiger charge is -2.26. The van der Waals surface area contributed by atoms with Crippen LogP contribution in [0.5, 0.6) is 0 Å². The standard InChI is InChI=1S/C54H35N3O/c1-2-10-40(11-3-1)54-53-44(13-8-32-55-53)34-50(56-54)39-22-29-47(30-23-39)57(45-25-18-37(19-26-45)42-17-16-36-9-4-5-12-41(36)33-42)46-27-20-38(21-28-46)43-24-31-49-48-14-6-7-15-51(48)58-52(49)35-43/h1-35H. The molecule has 0 saturated heterocycles. The van der Waals surface area contributed by atoms with Crippen molar-refractivity contribution in [3.05, 3.63) is 212 Å². The van der Waals surface area contributed by atoms with Gasteiger partial charge in [-0.05, 0) is 106 Å². The fraction of sp³-hybridized carbons (Fsp3) is 0. The molecular formula is C54H35N3O. The molecule has 4 nitrogen and oxygen atoms in total. The maximum Gasteiger partial charge on any atom is 0.136 e. The van der Waals surface area contributed by atoms with Crippen molar-refractivity contribution in [2.24, 2.45) is 0 Å². The van der Waals surface area contributed by atoms with E-state index in [1.165, 1.54) is 21.9 Å². The number of rotatable bonds is 7. The van der Waals surface area contributed by atoms with Gasteiger partial charge in [0, 0.05) is 50.5 Å². The zero-order valence-electron chi connectivity index (χ0n) is 31.5. The number of benzene rings is 8. The molecule has 3 aromatic heterocycles. The molecule has 0 fully saturated rings. The van der Waals surface area contributed by atoms with Crippen molar-refractivity contribution >= 4 is 60.7 Å². The summed E-state index contributed by atoms with van der Waals surface area (Å²) in [5, 5.41) is 5.80. The van der Waals surface area contributed by atoms with E-state index < -0.39 is 0 Å². The van der Waals surface area contributed by atoms with Crippen LogP contribution in [0.3, 0.4) is 0 Å². The average Bonchev–Trinajstić information content (AvgIpc) is 3.68. The summed E-state index contributed by atoms with van der Waals surface area (Å²) in [6.45, 7) is 0. The van der Waals surface area contributed by atoms with Crippen molar-refractivity contribution in [2.75, 3.05) is 4.90 Å². The molecule has 272 valence electrons. The van der Waals surface area contributed by atoms with Crippen molar-refractivity contribution in [3.8, 4) is 44.8 Å². The summed E-state index contributed by atoms with van der Waals surface area (Å²) in [4.78, 5) is 12.2. The molecule has 0 aliphatic carbocycles. The molecule has 0 N–H and O–H groups in total. The minimum absolute atomic E-state index is 0.880. The first-order valence-electron chi connectivity index (χ1n) is 19.5. The molecule has 0 amide bonds. The molecular weight excluding hydrogens is 707 g/mol. The molecule has 0 spiro atoms. The average molecular weight is 742 g/mol. The van der Waals surface area contributed by atoms with E-state index in [4.69, 9.17) is 14.4 Å². The van der Waals surface area contributed by atoms with Gasteiger partial charge in [0.05, 0.1) is 16.9 Å². The maximum absolute atomic E-state index is 6.23. The summed E-state index contributed by atoms with van der Waals surface area (Å²) >= 11 is 0. The van der Waals surface area contributed by atoms with E-state index in [2.05, 4.69) is 175 Å². The number of para-hydroxylation sites is 1. The predicted molar refractivity (Wildman–Crippen MR) is 241 cm³/mol. The van der Waals surface area contributed by atoms with Gasteiger partial charge in [0.2, 0.25) is 0 Å². The van der Waals surface area contributed by atoms with E-state index >= 15 is 0 Å². The Balaban J connectivity index is 0.974. The van der Waals surface area contributed by atoms with Crippen LogP contribution in [0.2, 0.25) is 0 Å². The number of fused-ring (bicyclic) bond motifs is 5. The van der Waals surface area contributed by atoms with Crippen LogP contribution in [0.1, 0.15) is 0 Å². The van der Waals surface area contributed by atoms with Crippen molar-refractivity contribution < 1.29 is 4.42 Å². The van der Waals surface area contributed by atoms with Crippen molar-refractivity contribution in [1.29, 1.82) is 0 Å². The molecule has 8 aromatic carbocycles. The van der Waals surface area contributed by atoms with Gasteiger partial charge in [0.1, 0.15) is 11.2 Å². The third-order valence-corrected chi connectivity index (χ3v) is 11.1. The molecule has 0 saturated carbocycles. The van der Waals surface area contributed by atoms with E-state index in [1.54, 1.807) is 0 Å². The predicted octanol–water partition coefficient (Wildman–Crippen LogP) is 14.8. The van der Waals surface area contributed by atoms with Crippen molar-refractivity contribution in [1.82, 2.24) is 9.97 Å². The van der Waals surface area contributed by atoms with Gasteiger partial charge in [-0.2, -0.15) is 0 Å². The number of hydrogen-bond donors (Lipinski definition) is 0. The Hall–Kier alpha value is -7.82. The molecule has 0 unspecified atom stereocenters. The second-order valence-electron chi connectivity index (χ2n) is 14.6. The van der Waals surface area contributed by atoms with Gasteiger partial charge in [0.15, 0.2) is 0 Å². The summed E-state index contributed by atoms with van der Waals surface area (Å²) in [5.74, 6) is 0. The van der Waals surface area contributed by atoms with Crippen LogP contribution in [0.15, 0.2) is 217 Å². The first-order valence-corrected chi connectivity index (χ1v) is 19.5. The number of anilines is 3. The van der Waals surface area contributed by atoms with Gasteiger partial charge >= 0.3 is 0 Å². The van der Waals surface area contributed by atoms with Crippen LogP contribution >= 0.6 is 0 Å². The highest BCUT2D eigenvalue weighted by Crippen LogP contribution is 2.39. The van der Waals surface area contributed by atoms with Gasteiger partial charge in [0.25, 0.3) is 0 Å². The first-order chi connectivity index (χ1) is 28.7. The lowest BCUT2D eigenvalue weighted by molar-refractivity contribution is 0.669. The van der Waals surface area contributed by atoms with Crippen LogP contribution in [-0.2, 0) is 0 Å². The Morgan fingerprint density at radius 2 is 0.931 bits per heavy atom. The van der Waals surface area contributed by atoms with Crippen LogP contribution in [0.4, 0.5) is 17.1 Å². The topological polar surface area (TPSA) is 42.2 Å². The van der Waals surface area contributed by atoms with Gasteiger partial charge in [-0.15, -0.1) is 0 Å². The van der Waals surface area contributed by atoms with Crippen LogP contribution in [-0.4, -0.2) is 9.97 Å². The summed E-state index contributed by atoms with van der Waals surface area (Å²) < 4.78 is 6.23. The highest BCUT2D eigenvalue weighted by atomic mass is 16.3. The zero-order chi connectivity index (χ0) is 38.4. The number of nitrogens with zero attached hydrogens (tertiary/aromatic N) is 3. The Morgan fingerprint density at radius 1 is 0.362 bits per heavy atom. The smallest absolute Gasteiger partial charge is 0.136 e. The molecule has 58 heavy (non-hydrogen) atoms. The second kappa shape index (κ2) is 14.0. The van der Waals surface area contributed by atoms with Gasteiger partial charge < -0.3 is 9.32 Å².